The van der Waals surface area contributed by atoms with E-state index in [1.165, 1.54) is 7.11 Å². The largest absolute Gasteiger partial charge is 0.496 e. The maximum absolute atomic E-state index is 12.7. The molecule has 1 unspecified atom stereocenters. The molecule has 0 N–H and O–H groups in total. The average molecular weight is 371 g/mol. The first-order valence-electron chi connectivity index (χ1n) is 8.46. The molecule has 1 atom stereocenters. The number of carbonyl (C=O) groups excluding carboxylic acids is 2. The summed E-state index contributed by atoms with van der Waals surface area (Å²) >= 11 is 1.76. The third-order valence-electron chi connectivity index (χ3n) is 4.20. The number of hydrogen-bond acceptors (Lipinski definition) is 5. The Balaban J connectivity index is 1.71. The number of benzene rings is 2. The molecule has 1 amide bonds. The van der Waals surface area contributed by atoms with Gasteiger partial charge in [0.2, 0.25) is 0 Å². The van der Waals surface area contributed by atoms with Gasteiger partial charge in [-0.05, 0) is 30.7 Å². The Bertz CT molecular complexity index is 808. The summed E-state index contributed by atoms with van der Waals surface area (Å²) in [5.74, 6) is -0.368. The third-order valence-corrected chi connectivity index (χ3v) is 5.44. The predicted octanol–water partition coefficient (Wildman–Crippen LogP) is 3.77. The van der Waals surface area contributed by atoms with Gasteiger partial charge in [-0.3, -0.25) is 4.79 Å². The Labute approximate surface area is 157 Å². The summed E-state index contributed by atoms with van der Waals surface area (Å²) in [6.45, 7) is 2.46. The van der Waals surface area contributed by atoms with Crippen LogP contribution in [0, 0.1) is 0 Å². The standard InChI is InChI=1S/C20H21NO4S/c1-14-11-12-21(16-8-4-6-10-18(16)26-14)19(22)13-25-20(23)15-7-3-5-9-17(15)24-2/h3-10,14H,11-13H2,1-2H3. The van der Waals surface area contributed by atoms with Gasteiger partial charge in [-0.25, -0.2) is 4.79 Å². The van der Waals surface area contributed by atoms with E-state index in [1.54, 1.807) is 40.9 Å². The van der Waals surface area contributed by atoms with Gasteiger partial charge >= 0.3 is 5.97 Å². The molecule has 1 aliphatic rings. The first kappa shape index (κ1) is 18.3. The van der Waals surface area contributed by atoms with Crippen LogP contribution in [0.4, 0.5) is 5.69 Å². The third kappa shape index (κ3) is 4.02. The van der Waals surface area contributed by atoms with E-state index in [9.17, 15) is 9.59 Å². The molecule has 0 saturated heterocycles. The van der Waals surface area contributed by atoms with Crippen molar-refractivity contribution in [2.24, 2.45) is 0 Å². The maximum atomic E-state index is 12.7. The Morgan fingerprint density at radius 1 is 1.15 bits per heavy atom. The van der Waals surface area contributed by atoms with Crippen LogP contribution in [0.15, 0.2) is 53.4 Å². The number of para-hydroxylation sites is 2. The lowest BCUT2D eigenvalue weighted by Crippen LogP contribution is -2.35. The van der Waals surface area contributed by atoms with E-state index in [-0.39, 0.29) is 12.5 Å². The lowest BCUT2D eigenvalue weighted by atomic mass is 10.2. The molecule has 26 heavy (non-hydrogen) atoms. The second-order valence-corrected chi connectivity index (χ2v) is 7.49. The van der Waals surface area contributed by atoms with Crippen LogP contribution in [0.5, 0.6) is 5.75 Å². The number of amides is 1. The minimum Gasteiger partial charge on any atom is -0.496 e. The predicted molar refractivity (Wildman–Crippen MR) is 102 cm³/mol. The molecule has 5 nitrogen and oxygen atoms in total. The van der Waals surface area contributed by atoms with Gasteiger partial charge in [-0.2, -0.15) is 0 Å². The van der Waals surface area contributed by atoms with E-state index >= 15 is 0 Å². The summed E-state index contributed by atoms with van der Waals surface area (Å²) in [7, 11) is 1.49. The van der Waals surface area contributed by atoms with E-state index in [4.69, 9.17) is 9.47 Å². The fourth-order valence-corrected chi connectivity index (χ4v) is 3.95. The van der Waals surface area contributed by atoms with Crippen LogP contribution in [0.1, 0.15) is 23.7 Å². The van der Waals surface area contributed by atoms with Crippen molar-refractivity contribution >= 4 is 29.3 Å². The molecule has 6 heteroatoms. The van der Waals surface area contributed by atoms with Gasteiger partial charge in [0.25, 0.3) is 5.91 Å². The highest BCUT2D eigenvalue weighted by molar-refractivity contribution is 8.00. The van der Waals surface area contributed by atoms with Crippen molar-refractivity contribution in [2.75, 3.05) is 25.2 Å². The van der Waals surface area contributed by atoms with Crippen LogP contribution >= 0.6 is 11.8 Å². The van der Waals surface area contributed by atoms with Crippen LogP contribution in [-0.4, -0.2) is 37.4 Å². The zero-order valence-electron chi connectivity index (χ0n) is 14.8. The minimum atomic E-state index is -0.568. The SMILES string of the molecule is COc1ccccc1C(=O)OCC(=O)N1CCC(C)Sc2ccccc21. The average Bonchev–Trinajstić information content (AvgIpc) is 2.84. The van der Waals surface area contributed by atoms with Gasteiger partial charge in [0, 0.05) is 16.7 Å². The van der Waals surface area contributed by atoms with Gasteiger partial charge in [-0.15, -0.1) is 11.8 Å². The number of rotatable bonds is 4. The zero-order chi connectivity index (χ0) is 18.5. The molecular formula is C20H21NO4S. The number of fused-ring (bicyclic) bond motifs is 1. The molecule has 0 aromatic heterocycles. The van der Waals surface area contributed by atoms with Crippen LogP contribution in [0.2, 0.25) is 0 Å². The molecule has 0 spiro atoms. The molecular weight excluding hydrogens is 350 g/mol. The Hall–Kier alpha value is -2.47. The summed E-state index contributed by atoms with van der Waals surface area (Å²) in [4.78, 5) is 27.8. The van der Waals surface area contributed by atoms with Crippen molar-refractivity contribution < 1.29 is 19.1 Å². The molecule has 0 aliphatic carbocycles. The second kappa shape index (κ2) is 8.27. The number of anilines is 1. The molecule has 0 fully saturated rings. The highest BCUT2D eigenvalue weighted by atomic mass is 32.2. The summed E-state index contributed by atoms with van der Waals surface area (Å²) in [6, 6.07) is 14.6. The molecule has 0 radical (unpaired) electrons. The van der Waals surface area contributed by atoms with Crippen molar-refractivity contribution in [3.05, 3.63) is 54.1 Å². The Morgan fingerprint density at radius 2 is 1.88 bits per heavy atom. The van der Waals surface area contributed by atoms with Crippen LogP contribution < -0.4 is 9.64 Å². The van der Waals surface area contributed by atoms with Crippen LogP contribution in [0.3, 0.4) is 0 Å². The molecule has 1 heterocycles. The quantitative estimate of drug-likeness (QED) is 0.766. The zero-order valence-corrected chi connectivity index (χ0v) is 15.6. The molecule has 1 aliphatic heterocycles. The highest BCUT2D eigenvalue weighted by Gasteiger charge is 2.25. The first-order valence-corrected chi connectivity index (χ1v) is 9.34. The van der Waals surface area contributed by atoms with E-state index in [0.717, 1.165) is 17.0 Å². The number of nitrogens with zero attached hydrogens (tertiary/aromatic N) is 1. The fraction of sp³-hybridized carbons (Fsp3) is 0.300. The summed E-state index contributed by atoms with van der Waals surface area (Å²) < 4.78 is 10.4. The van der Waals surface area contributed by atoms with Gasteiger partial charge in [0.1, 0.15) is 11.3 Å². The van der Waals surface area contributed by atoms with Crippen molar-refractivity contribution in [2.45, 2.75) is 23.5 Å². The molecule has 3 rings (SSSR count). The van der Waals surface area contributed by atoms with Crippen LogP contribution in [0.25, 0.3) is 0 Å². The number of hydrogen-bond donors (Lipinski definition) is 0. The highest BCUT2D eigenvalue weighted by Crippen LogP contribution is 2.37. The topological polar surface area (TPSA) is 55.8 Å². The Morgan fingerprint density at radius 3 is 2.69 bits per heavy atom. The first-order chi connectivity index (χ1) is 12.6. The molecule has 2 aromatic carbocycles. The summed E-state index contributed by atoms with van der Waals surface area (Å²) in [5.41, 5.74) is 1.18. The summed E-state index contributed by atoms with van der Waals surface area (Å²) in [5, 5.41) is 0.421. The Kier molecular flexibility index (Phi) is 5.83. The van der Waals surface area contributed by atoms with Crippen molar-refractivity contribution in [3.8, 4) is 5.75 Å². The number of carbonyl (C=O) groups is 2. The van der Waals surface area contributed by atoms with Gasteiger partial charge in [0.05, 0.1) is 12.8 Å². The maximum Gasteiger partial charge on any atom is 0.342 e. The van der Waals surface area contributed by atoms with E-state index in [2.05, 4.69) is 6.92 Å². The monoisotopic (exact) mass is 371 g/mol. The van der Waals surface area contributed by atoms with Crippen molar-refractivity contribution in [3.63, 3.8) is 0 Å². The fourth-order valence-electron chi connectivity index (χ4n) is 2.84. The van der Waals surface area contributed by atoms with Gasteiger partial charge in [0.15, 0.2) is 6.61 Å². The molecule has 136 valence electrons. The van der Waals surface area contributed by atoms with Crippen LogP contribution in [-0.2, 0) is 9.53 Å². The molecule has 2 aromatic rings. The van der Waals surface area contributed by atoms with Gasteiger partial charge < -0.3 is 14.4 Å². The normalized spacial score (nSPS) is 16.4. The van der Waals surface area contributed by atoms with Crippen molar-refractivity contribution in [1.29, 1.82) is 0 Å². The van der Waals surface area contributed by atoms with E-state index in [0.29, 0.717) is 23.1 Å². The van der Waals surface area contributed by atoms with Crippen molar-refractivity contribution in [1.82, 2.24) is 0 Å². The smallest absolute Gasteiger partial charge is 0.342 e. The molecule has 0 saturated carbocycles. The summed E-state index contributed by atoms with van der Waals surface area (Å²) in [6.07, 6.45) is 0.880. The number of methoxy groups -OCH3 is 1. The lowest BCUT2D eigenvalue weighted by Gasteiger charge is -2.22. The van der Waals surface area contributed by atoms with Gasteiger partial charge in [-0.1, -0.05) is 31.2 Å². The molecule has 0 bridgehead atoms. The number of ether oxygens (including phenoxy) is 2. The van der Waals surface area contributed by atoms with E-state index < -0.39 is 5.97 Å². The number of thioether (sulfide) groups is 1. The lowest BCUT2D eigenvalue weighted by molar-refractivity contribution is -0.121. The van der Waals surface area contributed by atoms with E-state index in [1.807, 2.05) is 24.3 Å². The minimum absolute atomic E-state index is 0.226. The number of esters is 1. The second-order valence-electron chi connectivity index (χ2n) is 6.01.